The maximum atomic E-state index is 12.1. The average Bonchev–Trinajstić information content (AvgIpc) is 3.14. The van der Waals surface area contributed by atoms with Gasteiger partial charge in [0.2, 0.25) is 0 Å². The van der Waals surface area contributed by atoms with Crippen molar-refractivity contribution in [2.75, 3.05) is 25.0 Å². The molecule has 1 saturated heterocycles. The smallest absolute Gasteiger partial charge is 0.251 e. The number of rotatable bonds is 6. The van der Waals surface area contributed by atoms with Crippen molar-refractivity contribution in [2.45, 2.75) is 12.5 Å². The molecule has 1 fully saturated rings. The van der Waals surface area contributed by atoms with Crippen molar-refractivity contribution in [2.24, 2.45) is 0 Å². The minimum atomic E-state index is -0.0537. The summed E-state index contributed by atoms with van der Waals surface area (Å²) in [6.07, 6.45) is 4.55. The van der Waals surface area contributed by atoms with Crippen molar-refractivity contribution >= 4 is 11.6 Å². The Morgan fingerprint density at radius 2 is 2.09 bits per heavy atom. The second-order valence-electron chi connectivity index (χ2n) is 5.46. The number of anilines is 1. The number of nitrogens with one attached hydrogen (secondary N) is 4. The molecule has 1 aliphatic rings. The third-order valence-corrected chi connectivity index (χ3v) is 3.81. The summed E-state index contributed by atoms with van der Waals surface area (Å²) < 4.78 is 0. The summed E-state index contributed by atoms with van der Waals surface area (Å²) in [4.78, 5) is 16.1. The summed E-state index contributed by atoms with van der Waals surface area (Å²) in [6.45, 7) is 2.19. The number of amides is 1. The second kappa shape index (κ2) is 7.71. The summed E-state index contributed by atoms with van der Waals surface area (Å²) in [5.74, 6) is -0.0537. The van der Waals surface area contributed by atoms with E-state index in [9.17, 15) is 4.79 Å². The van der Waals surface area contributed by atoms with Gasteiger partial charge in [-0.3, -0.25) is 20.6 Å². The Balaban J connectivity index is 1.44. The van der Waals surface area contributed by atoms with Gasteiger partial charge in [0.25, 0.3) is 5.91 Å². The predicted octanol–water partition coefficient (Wildman–Crippen LogP) is 1.46. The van der Waals surface area contributed by atoms with E-state index in [4.69, 9.17) is 0 Å². The standard InChI is InChI=1S/C17H21N5O/c23-17(20-11-10-19-15-2-1-8-18-12-15)14-5-3-13(4-6-14)16-7-9-21-22-16/h1-6,8,12,16,19,21-22H,7,9-11H2,(H,20,23). The molecule has 0 aliphatic carbocycles. The number of carbonyl (C=O) groups is 1. The number of hydrazine groups is 1. The summed E-state index contributed by atoms with van der Waals surface area (Å²) >= 11 is 0. The first kappa shape index (κ1) is 15.5. The minimum absolute atomic E-state index is 0.0537. The van der Waals surface area contributed by atoms with Crippen LogP contribution in [0.15, 0.2) is 48.8 Å². The highest BCUT2D eigenvalue weighted by molar-refractivity contribution is 5.94. The quantitative estimate of drug-likeness (QED) is 0.608. The third-order valence-electron chi connectivity index (χ3n) is 3.81. The summed E-state index contributed by atoms with van der Waals surface area (Å²) in [5, 5.41) is 6.11. The fourth-order valence-electron chi connectivity index (χ4n) is 2.55. The molecule has 2 aromatic rings. The van der Waals surface area contributed by atoms with E-state index >= 15 is 0 Å². The number of aromatic nitrogens is 1. The van der Waals surface area contributed by atoms with Crippen LogP contribution in [0.3, 0.4) is 0 Å². The first-order chi connectivity index (χ1) is 11.3. The molecule has 0 spiro atoms. The molecule has 120 valence electrons. The van der Waals surface area contributed by atoms with Crippen LogP contribution in [0.4, 0.5) is 5.69 Å². The van der Waals surface area contributed by atoms with Gasteiger partial charge in [-0.05, 0) is 36.2 Å². The first-order valence-corrected chi connectivity index (χ1v) is 7.83. The SMILES string of the molecule is O=C(NCCNc1cccnc1)c1ccc(C2CCNN2)cc1. The van der Waals surface area contributed by atoms with E-state index in [0.29, 0.717) is 24.7 Å². The van der Waals surface area contributed by atoms with Gasteiger partial charge >= 0.3 is 0 Å². The van der Waals surface area contributed by atoms with Crippen molar-refractivity contribution < 1.29 is 4.79 Å². The van der Waals surface area contributed by atoms with E-state index in [1.807, 2.05) is 36.4 Å². The maximum Gasteiger partial charge on any atom is 0.251 e. The largest absolute Gasteiger partial charge is 0.382 e. The van der Waals surface area contributed by atoms with Crippen molar-refractivity contribution in [3.63, 3.8) is 0 Å². The van der Waals surface area contributed by atoms with Crippen LogP contribution in [0.2, 0.25) is 0 Å². The molecule has 23 heavy (non-hydrogen) atoms. The van der Waals surface area contributed by atoms with Crippen molar-refractivity contribution in [3.05, 3.63) is 59.9 Å². The van der Waals surface area contributed by atoms with E-state index < -0.39 is 0 Å². The molecular weight excluding hydrogens is 290 g/mol. The van der Waals surface area contributed by atoms with Crippen LogP contribution in [0.5, 0.6) is 0 Å². The van der Waals surface area contributed by atoms with Gasteiger partial charge in [-0.2, -0.15) is 0 Å². The minimum Gasteiger partial charge on any atom is -0.382 e. The van der Waals surface area contributed by atoms with Crippen LogP contribution in [0.25, 0.3) is 0 Å². The van der Waals surface area contributed by atoms with Gasteiger partial charge in [-0.25, -0.2) is 0 Å². The molecule has 2 heterocycles. The van der Waals surface area contributed by atoms with Gasteiger partial charge < -0.3 is 10.6 Å². The molecule has 6 heteroatoms. The molecule has 1 atom stereocenters. The van der Waals surface area contributed by atoms with E-state index in [1.165, 1.54) is 5.56 Å². The van der Waals surface area contributed by atoms with Crippen LogP contribution in [-0.4, -0.2) is 30.5 Å². The van der Waals surface area contributed by atoms with Gasteiger partial charge in [0, 0.05) is 43.6 Å². The summed E-state index contributed by atoms with van der Waals surface area (Å²) in [7, 11) is 0. The van der Waals surface area contributed by atoms with Crippen molar-refractivity contribution in [3.8, 4) is 0 Å². The van der Waals surface area contributed by atoms with Crippen LogP contribution < -0.4 is 21.5 Å². The normalized spacial score (nSPS) is 17.0. The number of pyridine rings is 1. The van der Waals surface area contributed by atoms with Gasteiger partial charge in [0.05, 0.1) is 5.69 Å². The monoisotopic (exact) mass is 311 g/mol. The molecule has 1 amide bonds. The molecule has 4 N–H and O–H groups in total. The first-order valence-electron chi connectivity index (χ1n) is 7.83. The van der Waals surface area contributed by atoms with Crippen LogP contribution in [-0.2, 0) is 0 Å². The van der Waals surface area contributed by atoms with Crippen LogP contribution in [0, 0.1) is 0 Å². The molecule has 0 bridgehead atoms. The van der Waals surface area contributed by atoms with Gasteiger partial charge in [0.1, 0.15) is 0 Å². The Morgan fingerprint density at radius 1 is 1.22 bits per heavy atom. The molecule has 1 aromatic heterocycles. The number of benzene rings is 1. The Kier molecular flexibility index (Phi) is 5.18. The number of nitrogens with zero attached hydrogens (tertiary/aromatic N) is 1. The highest BCUT2D eigenvalue weighted by Gasteiger charge is 2.16. The molecule has 1 aromatic carbocycles. The van der Waals surface area contributed by atoms with E-state index in [1.54, 1.807) is 12.4 Å². The molecule has 0 saturated carbocycles. The summed E-state index contributed by atoms with van der Waals surface area (Å²) in [5.41, 5.74) is 9.16. The zero-order chi connectivity index (χ0) is 15.9. The van der Waals surface area contributed by atoms with Crippen LogP contribution >= 0.6 is 0 Å². The van der Waals surface area contributed by atoms with Crippen molar-refractivity contribution in [1.29, 1.82) is 0 Å². The fourth-order valence-corrected chi connectivity index (χ4v) is 2.55. The molecule has 1 aliphatic heterocycles. The Hall–Kier alpha value is -2.44. The third kappa shape index (κ3) is 4.28. The number of carbonyl (C=O) groups excluding carboxylic acids is 1. The second-order valence-corrected chi connectivity index (χ2v) is 5.46. The lowest BCUT2D eigenvalue weighted by Crippen LogP contribution is -2.29. The van der Waals surface area contributed by atoms with E-state index in [-0.39, 0.29) is 5.91 Å². The Labute approximate surface area is 135 Å². The number of hydrogen-bond acceptors (Lipinski definition) is 5. The zero-order valence-corrected chi connectivity index (χ0v) is 12.9. The summed E-state index contributed by atoms with van der Waals surface area (Å²) in [6, 6.07) is 11.9. The topological polar surface area (TPSA) is 78.1 Å². The Morgan fingerprint density at radius 3 is 2.78 bits per heavy atom. The van der Waals surface area contributed by atoms with Crippen molar-refractivity contribution in [1.82, 2.24) is 21.2 Å². The molecule has 3 rings (SSSR count). The van der Waals surface area contributed by atoms with E-state index in [2.05, 4.69) is 26.5 Å². The maximum absolute atomic E-state index is 12.1. The number of hydrogen-bond donors (Lipinski definition) is 4. The highest BCUT2D eigenvalue weighted by Crippen LogP contribution is 2.18. The zero-order valence-electron chi connectivity index (χ0n) is 12.9. The average molecular weight is 311 g/mol. The fraction of sp³-hybridized carbons (Fsp3) is 0.294. The van der Waals surface area contributed by atoms with Crippen LogP contribution in [0.1, 0.15) is 28.4 Å². The van der Waals surface area contributed by atoms with Gasteiger partial charge in [-0.15, -0.1) is 0 Å². The molecule has 0 radical (unpaired) electrons. The van der Waals surface area contributed by atoms with Gasteiger partial charge in [0.15, 0.2) is 0 Å². The Bertz CT molecular complexity index is 623. The molecular formula is C17H21N5O. The molecule has 6 nitrogen and oxygen atoms in total. The molecule has 1 unspecified atom stereocenters. The van der Waals surface area contributed by atoms with E-state index in [0.717, 1.165) is 18.7 Å². The lowest BCUT2D eigenvalue weighted by Gasteiger charge is -2.11. The predicted molar refractivity (Wildman–Crippen MR) is 90.0 cm³/mol. The lowest BCUT2D eigenvalue weighted by molar-refractivity contribution is 0.0955. The van der Waals surface area contributed by atoms with Gasteiger partial charge in [-0.1, -0.05) is 12.1 Å². The lowest BCUT2D eigenvalue weighted by atomic mass is 10.0. The highest BCUT2D eigenvalue weighted by atomic mass is 16.1.